The Bertz CT molecular complexity index is 837. The molecule has 110 valence electrons. The van der Waals surface area contributed by atoms with Crippen molar-refractivity contribution in [1.29, 1.82) is 0 Å². The molecule has 4 rings (SSSR count). The van der Waals surface area contributed by atoms with Crippen LogP contribution < -0.4 is 0 Å². The first-order valence-electron chi connectivity index (χ1n) is 7.01. The highest BCUT2D eigenvalue weighted by molar-refractivity contribution is 7.97. The normalized spacial score (nSPS) is 13.3. The second-order valence-corrected chi connectivity index (χ2v) is 6.16. The summed E-state index contributed by atoms with van der Waals surface area (Å²) in [6.45, 7) is 2.01. The minimum atomic E-state index is -0.0381. The summed E-state index contributed by atoms with van der Waals surface area (Å²) in [7, 11) is 0. The molecule has 5 nitrogen and oxygen atoms in total. The van der Waals surface area contributed by atoms with Crippen LogP contribution in [0.25, 0.3) is 11.3 Å². The van der Waals surface area contributed by atoms with Gasteiger partial charge in [0.2, 0.25) is 5.78 Å². The van der Waals surface area contributed by atoms with Crippen molar-refractivity contribution in [3.05, 3.63) is 59.6 Å². The number of pyridine rings is 1. The third kappa shape index (κ3) is 1.91. The van der Waals surface area contributed by atoms with Crippen LogP contribution >= 0.6 is 11.8 Å². The van der Waals surface area contributed by atoms with Gasteiger partial charge in [-0.25, -0.2) is 4.98 Å². The standard InChI is InChI=1S/C16H14N4OS/c1-10-13(15(21)16-18-5-6-19-16)12-8-22-9-20(12)14(10)11-3-2-4-17-7-11/h2-7H,8-9H2,1H3,(H,18,19). The molecule has 0 unspecified atom stereocenters. The van der Waals surface area contributed by atoms with Crippen LogP contribution in [-0.2, 0) is 11.6 Å². The fourth-order valence-corrected chi connectivity index (χ4v) is 4.07. The van der Waals surface area contributed by atoms with E-state index in [1.54, 1.807) is 18.6 Å². The third-order valence-electron chi connectivity index (χ3n) is 3.95. The van der Waals surface area contributed by atoms with E-state index in [-0.39, 0.29) is 5.78 Å². The smallest absolute Gasteiger partial charge is 0.230 e. The summed E-state index contributed by atoms with van der Waals surface area (Å²) in [5.41, 5.74) is 5.00. The Balaban J connectivity index is 1.93. The average Bonchev–Trinajstić information content (AvgIpc) is 3.24. The number of aromatic nitrogens is 4. The molecule has 3 aromatic heterocycles. The highest BCUT2D eigenvalue weighted by Crippen LogP contribution is 2.39. The van der Waals surface area contributed by atoms with Crippen LogP contribution in [0.3, 0.4) is 0 Å². The maximum Gasteiger partial charge on any atom is 0.230 e. The Morgan fingerprint density at radius 3 is 3.05 bits per heavy atom. The molecule has 4 heterocycles. The first kappa shape index (κ1) is 13.3. The van der Waals surface area contributed by atoms with Gasteiger partial charge >= 0.3 is 0 Å². The third-order valence-corrected chi connectivity index (χ3v) is 4.87. The maximum atomic E-state index is 12.8. The Morgan fingerprint density at radius 2 is 2.32 bits per heavy atom. The molecule has 6 heteroatoms. The number of carbonyl (C=O) groups excluding carboxylic acids is 1. The number of fused-ring (bicyclic) bond motifs is 1. The minimum Gasteiger partial charge on any atom is -0.342 e. The van der Waals surface area contributed by atoms with E-state index in [0.29, 0.717) is 5.82 Å². The molecule has 0 spiro atoms. The lowest BCUT2D eigenvalue weighted by Crippen LogP contribution is -2.07. The zero-order chi connectivity index (χ0) is 15.1. The van der Waals surface area contributed by atoms with Gasteiger partial charge < -0.3 is 9.55 Å². The molecule has 0 saturated carbocycles. The monoisotopic (exact) mass is 310 g/mol. The van der Waals surface area contributed by atoms with Gasteiger partial charge in [0.1, 0.15) is 0 Å². The molecule has 0 aliphatic carbocycles. The fraction of sp³-hybridized carbons (Fsp3) is 0.188. The molecular formula is C16H14N4OS. The summed E-state index contributed by atoms with van der Waals surface area (Å²) in [5, 5.41) is 0. The van der Waals surface area contributed by atoms with Crippen LogP contribution in [-0.4, -0.2) is 25.3 Å². The largest absolute Gasteiger partial charge is 0.342 e. The van der Waals surface area contributed by atoms with Crippen LogP contribution in [0.5, 0.6) is 0 Å². The summed E-state index contributed by atoms with van der Waals surface area (Å²) in [6, 6.07) is 3.96. The predicted octanol–water partition coefficient (Wildman–Crippen LogP) is 3.02. The number of thioether (sulfide) groups is 1. The summed E-state index contributed by atoms with van der Waals surface area (Å²) in [6.07, 6.45) is 6.89. The number of H-pyrrole nitrogens is 1. The van der Waals surface area contributed by atoms with Crippen molar-refractivity contribution in [2.45, 2.75) is 18.6 Å². The van der Waals surface area contributed by atoms with Gasteiger partial charge in [0.15, 0.2) is 5.82 Å². The molecule has 3 aromatic rings. The van der Waals surface area contributed by atoms with Gasteiger partial charge in [-0.2, -0.15) is 0 Å². The Kier molecular flexibility index (Phi) is 3.11. The zero-order valence-electron chi connectivity index (χ0n) is 12.0. The lowest BCUT2D eigenvalue weighted by Gasteiger charge is -2.06. The second-order valence-electron chi connectivity index (χ2n) is 5.21. The number of hydrogen-bond donors (Lipinski definition) is 1. The molecule has 0 amide bonds. The first-order chi connectivity index (χ1) is 10.8. The SMILES string of the molecule is Cc1c(C(=O)c2ncc[nH]2)c2n(c1-c1cccnc1)CSC2. The van der Waals surface area contributed by atoms with Gasteiger partial charge in [-0.1, -0.05) is 0 Å². The molecule has 0 radical (unpaired) electrons. The van der Waals surface area contributed by atoms with Crippen molar-refractivity contribution in [3.8, 4) is 11.3 Å². The molecule has 0 atom stereocenters. The van der Waals surface area contributed by atoms with Crippen LogP contribution in [0, 0.1) is 6.92 Å². The average molecular weight is 310 g/mol. The van der Waals surface area contributed by atoms with Crippen molar-refractivity contribution < 1.29 is 4.79 Å². The quantitative estimate of drug-likeness (QED) is 0.755. The lowest BCUT2D eigenvalue weighted by atomic mass is 10.0. The van der Waals surface area contributed by atoms with Gasteiger partial charge in [-0.3, -0.25) is 9.78 Å². The number of rotatable bonds is 3. The molecule has 22 heavy (non-hydrogen) atoms. The highest BCUT2D eigenvalue weighted by atomic mass is 32.2. The number of imidazole rings is 1. The Hall–Kier alpha value is -2.34. The molecule has 1 N–H and O–H groups in total. The van der Waals surface area contributed by atoms with E-state index in [0.717, 1.165) is 39.7 Å². The maximum absolute atomic E-state index is 12.8. The topological polar surface area (TPSA) is 63.6 Å². The van der Waals surface area contributed by atoms with Crippen molar-refractivity contribution in [2.24, 2.45) is 0 Å². The molecule has 1 aliphatic rings. The van der Waals surface area contributed by atoms with E-state index in [1.165, 1.54) is 0 Å². The molecule has 1 aliphatic heterocycles. The molecule has 0 bridgehead atoms. The van der Waals surface area contributed by atoms with Crippen molar-refractivity contribution in [2.75, 3.05) is 0 Å². The summed E-state index contributed by atoms with van der Waals surface area (Å²) in [5.74, 6) is 2.07. The Morgan fingerprint density at radius 1 is 1.41 bits per heavy atom. The number of nitrogens with one attached hydrogen (secondary N) is 1. The van der Waals surface area contributed by atoms with E-state index in [1.807, 2.05) is 37.0 Å². The van der Waals surface area contributed by atoms with Crippen LogP contribution in [0.2, 0.25) is 0 Å². The number of nitrogens with zero attached hydrogens (tertiary/aromatic N) is 3. The van der Waals surface area contributed by atoms with E-state index in [2.05, 4.69) is 19.5 Å². The van der Waals surface area contributed by atoms with E-state index in [4.69, 9.17) is 0 Å². The van der Waals surface area contributed by atoms with E-state index >= 15 is 0 Å². The summed E-state index contributed by atoms with van der Waals surface area (Å²) in [4.78, 5) is 24.0. The van der Waals surface area contributed by atoms with Gasteiger partial charge in [0.25, 0.3) is 0 Å². The number of carbonyl (C=O) groups is 1. The summed E-state index contributed by atoms with van der Waals surface area (Å²) < 4.78 is 2.23. The predicted molar refractivity (Wildman–Crippen MR) is 85.7 cm³/mol. The molecule has 0 aromatic carbocycles. The van der Waals surface area contributed by atoms with Gasteiger partial charge in [-0.15, -0.1) is 11.8 Å². The van der Waals surface area contributed by atoms with Gasteiger partial charge in [-0.05, 0) is 24.6 Å². The van der Waals surface area contributed by atoms with Crippen LogP contribution in [0.1, 0.15) is 27.4 Å². The minimum absolute atomic E-state index is 0.0381. The molecule has 0 saturated heterocycles. The number of aromatic amines is 1. The lowest BCUT2D eigenvalue weighted by molar-refractivity contribution is 0.102. The fourth-order valence-electron chi connectivity index (χ4n) is 3.02. The summed E-state index contributed by atoms with van der Waals surface area (Å²) >= 11 is 1.82. The van der Waals surface area contributed by atoms with Crippen LogP contribution in [0.15, 0.2) is 36.9 Å². The van der Waals surface area contributed by atoms with Gasteiger partial charge in [0, 0.05) is 41.8 Å². The van der Waals surface area contributed by atoms with E-state index in [9.17, 15) is 4.79 Å². The van der Waals surface area contributed by atoms with Gasteiger partial charge in [0.05, 0.1) is 17.1 Å². The Labute approximate surface area is 131 Å². The highest BCUT2D eigenvalue weighted by Gasteiger charge is 2.29. The van der Waals surface area contributed by atoms with Crippen molar-refractivity contribution in [1.82, 2.24) is 19.5 Å². The molecular weight excluding hydrogens is 296 g/mol. The zero-order valence-corrected chi connectivity index (χ0v) is 12.9. The van der Waals surface area contributed by atoms with Crippen molar-refractivity contribution in [3.63, 3.8) is 0 Å². The van der Waals surface area contributed by atoms with E-state index < -0.39 is 0 Å². The van der Waals surface area contributed by atoms with Crippen molar-refractivity contribution >= 4 is 17.5 Å². The number of hydrogen-bond acceptors (Lipinski definition) is 4. The number of ketones is 1. The second kappa shape index (κ2) is 5.14. The first-order valence-corrected chi connectivity index (χ1v) is 8.17. The van der Waals surface area contributed by atoms with Crippen LogP contribution in [0.4, 0.5) is 0 Å². The molecule has 0 fully saturated rings.